The lowest BCUT2D eigenvalue weighted by Gasteiger charge is -2.15. The summed E-state index contributed by atoms with van der Waals surface area (Å²) in [5.74, 6) is -0.898. The van der Waals surface area contributed by atoms with Gasteiger partial charge in [0.15, 0.2) is 5.82 Å². The Kier molecular flexibility index (Phi) is 6.81. The summed E-state index contributed by atoms with van der Waals surface area (Å²) >= 11 is 0. The summed E-state index contributed by atoms with van der Waals surface area (Å²) in [4.78, 5) is 35.7. The second kappa shape index (κ2) is 10.2. The molecule has 0 spiro atoms. The Bertz CT molecular complexity index is 1540. The van der Waals surface area contributed by atoms with E-state index in [2.05, 4.69) is 25.7 Å². The lowest BCUT2D eigenvalue weighted by Crippen LogP contribution is -2.25. The van der Waals surface area contributed by atoms with Crippen molar-refractivity contribution in [1.29, 1.82) is 0 Å². The standard InChI is InChI=1S/C26H29FN8O3/c1-14(28)9-29-21-5-4-18(25(37)31-17-7-16-12-35(3)33-23(16)20(27)8-17)24-19(21)10-30-26(32-24)38-13-15-6-22(36)34(2)11-15/h4-5,7-8,10,12,14-15,29H,6,9,11,13,28H2,1-3H3,(H,31,37)/t14-,15?/m0/s1. The minimum absolute atomic E-state index is 0.0332. The van der Waals surface area contributed by atoms with Gasteiger partial charge in [0.1, 0.15) is 5.52 Å². The van der Waals surface area contributed by atoms with E-state index in [1.807, 2.05) is 6.92 Å². The second-order valence-corrected chi connectivity index (χ2v) is 9.74. The molecule has 198 valence electrons. The first-order chi connectivity index (χ1) is 18.2. The summed E-state index contributed by atoms with van der Waals surface area (Å²) in [7, 11) is 3.46. The van der Waals surface area contributed by atoms with Gasteiger partial charge in [0, 0.05) is 80.1 Å². The van der Waals surface area contributed by atoms with E-state index in [9.17, 15) is 14.0 Å². The molecule has 0 bridgehead atoms. The Morgan fingerprint density at radius 2 is 2.11 bits per heavy atom. The summed E-state index contributed by atoms with van der Waals surface area (Å²) < 4.78 is 21.9. The maximum atomic E-state index is 14.6. The highest BCUT2D eigenvalue weighted by molar-refractivity contribution is 6.14. The fourth-order valence-electron chi connectivity index (χ4n) is 4.52. The van der Waals surface area contributed by atoms with Crippen LogP contribution in [-0.4, -0.2) is 69.2 Å². The number of carbonyl (C=O) groups excluding carboxylic acids is 2. The number of fused-ring (bicyclic) bond motifs is 2. The maximum absolute atomic E-state index is 14.6. The highest BCUT2D eigenvalue weighted by Crippen LogP contribution is 2.28. The first-order valence-corrected chi connectivity index (χ1v) is 12.3. The number of hydrogen-bond donors (Lipinski definition) is 3. The molecule has 1 fully saturated rings. The molecule has 2 atom stereocenters. The van der Waals surface area contributed by atoms with Gasteiger partial charge in [0.25, 0.3) is 5.91 Å². The van der Waals surface area contributed by atoms with Gasteiger partial charge in [-0.3, -0.25) is 14.3 Å². The van der Waals surface area contributed by atoms with E-state index < -0.39 is 11.7 Å². The monoisotopic (exact) mass is 520 g/mol. The molecule has 4 aromatic rings. The zero-order chi connectivity index (χ0) is 27.0. The molecule has 1 unspecified atom stereocenters. The molecule has 3 heterocycles. The number of aryl methyl sites for hydroxylation is 1. The van der Waals surface area contributed by atoms with E-state index in [1.54, 1.807) is 49.6 Å². The Balaban J connectivity index is 1.45. The van der Waals surface area contributed by atoms with E-state index in [-0.39, 0.29) is 41.6 Å². The molecule has 2 amide bonds. The van der Waals surface area contributed by atoms with Gasteiger partial charge in [-0.25, -0.2) is 9.37 Å². The molecular weight excluding hydrogens is 491 g/mol. The highest BCUT2D eigenvalue weighted by atomic mass is 19.1. The van der Waals surface area contributed by atoms with Gasteiger partial charge in [-0.15, -0.1) is 0 Å². The van der Waals surface area contributed by atoms with E-state index in [0.29, 0.717) is 47.2 Å². The first kappa shape index (κ1) is 25.3. The molecule has 4 N–H and O–H groups in total. The SMILES string of the molecule is C[C@H](N)CNc1ccc(C(=O)Nc2cc(F)c3nn(C)cc3c2)c2nc(OCC3CC(=O)N(C)C3)ncc12. The van der Waals surface area contributed by atoms with Crippen LogP contribution in [0.3, 0.4) is 0 Å². The molecule has 11 nitrogen and oxygen atoms in total. The molecule has 2 aromatic carbocycles. The summed E-state index contributed by atoms with van der Waals surface area (Å²) in [5, 5.41) is 11.3. The fraction of sp³-hybridized carbons (Fsp3) is 0.346. The number of ether oxygens (including phenoxy) is 1. The minimum atomic E-state index is -0.534. The van der Waals surface area contributed by atoms with Crippen molar-refractivity contribution in [3.05, 3.63) is 48.0 Å². The van der Waals surface area contributed by atoms with Gasteiger partial charge in [0.05, 0.1) is 17.7 Å². The molecule has 1 saturated heterocycles. The van der Waals surface area contributed by atoms with Crippen molar-refractivity contribution in [2.45, 2.75) is 19.4 Å². The van der Waals surface area contributed by atoms with Crippen molar-refractivity contribution in [2.24, 2.45) is 18.7 Å². The number of rotatable bonds is 8. The predicted molar refractivity (Wildman–Crippen MR) is 142 cm³/mol. The molecule has 0 saturated carbocycles. The van der Waals surface area contributed by atoms with Crippen LogP contribution in [0.5, 0.6) is 6.01 Å². The molecule has 5 rings (SSSR count). The van der Waals surface area contributed by atoms with E-state index in [1.165, 1.54) is 10.7 Å². The zero-order valence-corrected chi connectivity index (χ0v) is 21.4. The van der Waals surface area contributed by atoms with Crippen molar-refractivity contribution in [1.82, 2.24) is 24.6 Å². The lowest BCUT2D eigenvalue weighted by molar-refractivity contribution is -0.126. The third-order valence-corrected chi connectivity index (χ3v) is 6.39. The number of amides is 2. The Hall–Kier alpha value is -4.32. The van der Waals surface area contributed by atoms with Gasteiger partial charge >= 0.3 is 6.01 Å². The maximum Gasteiger partial charge on any atom is 0.316 e. The van der Waals surface area contributed by atoms with Crippen LogP contribution in [0.2, 0.25) is 0 Å². The van der Waals surface area contributed by atoms with Gasteiger partial charge < -0.3 is 26.0 Å². The minimum Gasteiger partial charge on any atom is -0.463 e. The van der Waals surface area contributed by atoms with Crippen LogP contribution in [0.4, 0.5) is 15.8 Å². The van der Waals surface area contributed by atoms with Gasteiger partial charge in [-0.2, -0.15) is 10.1 Å². The number of aromatic nitrogens is 4. The average molecular weight is 521 g/mol. The molecule has 38 heavy (non-hydrogen) atoms. The summed E-state index contributed by atoms with van der Waals surface area (Å²) in [6, 6.07) is 6.29. The zero-order valence-electron chi connectivity index (χ0n) is 21.4. The number of hydrogen-bond acceptors (Lipinski definition) is 8. The normalized spacial score (nSPS) is 16.3. The van der Waals surface area contributed by atoms with Crippen molar-refractivity contribution >= 4 is 45.0 Å². The van der Waals surface area contributed by atoms with E-state index in [0.717, 1.165) is 0 Å². The molecule has 1 aliphatic rings. The predicted octanol–water partition coefficient (Wildman–Crippen LogP) is 2.52. The lowest BCUT2D eigenvalue weighted by atomic mass is 10.1. The molecular formula is C26H29FN8O3. The van der Waals surface area contributed by atoms with Crippen LogP contribution in [0, 0.1) is 11.7 Å². The number of nitrogens with one attached hydrogen (secondary N) is 2. The van der Waals surface area contributed by atoms with Crippen molar-refractivity contribution in [2.75, 3.05) is 37.4 Å². The number of anilines is 2. The number of carbonyl (C=O) groups is 2. The van der Waals surface area contributed by atoms with Crippen molar-refractivity contribution in [3.63, 3.8) is 0 Å². The molecule has 0 aliphatic carbocycles. The van der Waals surface area contributed by atoms with Crippen LogP contribution in [0.25, 0.3) is 21.8 Å². The molecule has 12 heteroatoms. The second-order valence-electron chi connectivity index (χ2n) is 9.74. The van der Waals surface area contributed by atoms with Crippen LogP contribution in [-0.2, 0) is 11.8 Å². The largest absolute Gasteiger partial charge is 0.463 e. The summed E-state index contributed by atoms with van der Waals surface area (Å²) in [5.41, 5.74) is 7.77. The quantitative estimate of drug-likeness (QED) is 0.322. The van der Waals surface area contributed by atoms with Crippen LogP contribution >= 0.6 is 0 Å². The highest BCUT2D eigenvalue weighted by Gasteiger charge is 2.27. The van der Waals surface area contributed by atoms with Crippen LogP contribution in [0.1, 0.15) is 23.7 Å². The van der Waals surface area contributed by atoms with Gasteiger partial charge in [0.2, 0.25) is 5.91 Å². The third kappa shape index (κ3) is 5.21. The molecule has 1 aliphatic heterocycles. The average Bonchev–Trinajstić information content (AvgIpc) is 3.41. The number of halogens is 1. The Morgan fingerprint density at radius 1 is 1.29 bits per heavy atom. The summed E-state index contributed by atoms with van der Waals surface area (Å²) in [6.45, 7) is 3.26. The van der Waals surface area contributed by atoms with Gasteiger partial charge in [-0.05, 0) is 31.2 Å². The van der Waals surface area contributed by atoms with Crippen LogP contribution < -0.4 is 21.1 Å². The topological polar surface area (TPSA) is 140 Å². The third-order valence-electron chi connectivity index (χ3n) is 6.39. The Labute approximate surface area is 218 Å². The number of nitrogens with zero attached hydrogens (tertiary/aromatic N) is 5. The first-order valence-electron chi connectivity index (χ1n) is 12.3. The fourth-order valence-corrected chi connectivity index (χ4v) is 4.52. The van der Waals surface area contributed by atoms with Crippen molar-refractivity contribution in [3.8, 4) is 6.01 Å². The summed E-state index contributed by atoms with van der Waals surface area (Å²) in [6.07, 6.45) is 3.67. The Morgan fingerprint density at radius 3 is 2.84 bits per heavy atom. The molecule has 0 radical (unpaired) electrons. The van der Waals surface area contributed by atoms with Crippen LogP contribution in [0.15, 0.2) is 36.7 Å². The number of benzene rings is 2. The number of nitrogens with two attached hydrogens (primary N) is 1. The van der Waals surface area contributed by atoms with Crippen molar-refractivity contribution < 1.29 is 18.7 Å². The smallest absolute Gasteiger partial charge is 0.316 e. The molecule has 2 aromatic heterocycles. The van der Waals surface area contributed by atoms with E-state index in [4.69, 9.17) is 10.5 Å². The van der Waals surface area contributed by atoms with Gasteiger partial charge in [-0.1, -0.05) is 0 Å². The number of likely N-dealkylation sites (tertiary alicyclic amines) is 1. The van der Waals surface area contributed by atoms with E-state index >= 15 is 0 Å².